The van der Waals surface area contributed by atoms with Crippen LogP contribution in [0.2, 0.25) is 0 Å². The molecule has 0 fully saturated rings. The Bertz CT molecular complexity index is 312. The van der Waals surface area contributed by atoms with Crippen LogP contribution in [0.4, 0.5) is 0 Å². The number of hydrogen-bond donors (Lipinski definition) is 1. The summed E-state index contributed by atoms with van der Waals surface area (Å²) < 4.78 is 4.94. The first-order valence-corrected chi connectivity index (χ1v) is 3.75. The molecule has 1 aromatic rings. The minimum absolute atomic E-state index is 0.426. The number of aldehydes is 1. The molecule has 1 rings (SSSR count). The molecule has 0 unspecified atom stereocenters. The largest absolute Gasteiger partial charge is 0.496 e. The fraction of sp³-hybridized carbons (Fsp3) is 0.125. The molecule has 2 radical (unpaired) electrons. The van der Waals surface area contributed by atoms with Gasteiger partial charge in [0.1, 0.15) is 13.6 Å². The standard InChI is InChI=1S/C8H7BO2S/c1-11-7-2-5(9)3-8(12)6(7)4-10/h2-4,12H,1H3. The Morgan fingerprint density at radius 3 is 2.75 bits per heavy atom. The fourth-order valence-electron chi connectivity index (χ4n) is 0.920. The van der Waals surface area contributed by atoms with E-state index in [4.69, 9.17) is 12.6 Å². The molecule has 0 amide bonds. The van der Waals surface area contributed by atoms with Crippen molar-refractivity contribution in [1.82, 2.24) is 0 Å². The zero-order valence-corrected chi connectivity index (χ0v) is 7.47. The van der Waals surface area contributed by atoms with Crippen LogP contribution in [-0.2, 0) is 0 Å². The van der Waals surface area contributed by atoms with Gasteiger partial charge in [0.15, 0.2) is 6.29 Å². The topological polar surface area (TPSA) is 26.3 Å². The van der Waals surface area contributed by atoms with Crippen LogP contribution in [0.5, 0.6) is 5.75 Å². The number of carbonyl (C=O) groups excluding carboxylic acids is 1. The van der Waals surface area contributed by atoms with Crippen molar-refractivity contribution in [2.45, 2.75) is 4.90 Å². The summed E-state index contributed by atoms with van der Waals surface area (Å²) in [4.78, 5) is 11.1. The van der Waals surface area contributed by atoms with Crippen molar-refractivity contribution >= 4 is 32.2 Å². The fourth-order valence-corrected chi connectivity index (χ4v) is 1.23. The zero-order chi connectivity index (χ0) is 9.14. The van der Waals surface area contributed by atoms with Gasteiger partial charge in [-0.25, -0.2) is 0 Å². The third-order valence-electron chi connectivity index (χ3n) is 1.48. The van der Waals surface area contributed by atoms with Gasteiger partial charge in [-0.05, 0) is 6.07 Å². The molecule has 60 valence electrons. The summed E-state index contributed by atoms with van der Waals surface area (Å²) in [5.41, 5.74) is 0.956. The SMILES string of the molecule is [B]c1cc(S)c(C=O)c(OC)c1. The number of thiol groups is 1. The van der Waals surface area contributed by atoms with Gasteiger partial charge in [-0.1, -0.05) is 11.5 Å². The van der Waals surface area contributed by atoms with Gasteiger partial charge >= 0.3 is 0 Å². The summed E-state index contributed by atoms with van der Waals surface area (Å²) in [6.07, 6.45) is 0.695. The van der Waals surface area contributed by atoms with Crippen LogP contribution >= 0.6 is 12.6 Å². The second-order valence-corrected chi connectivity index (χ2v) is 2.76. The highest BCUT2D eigenvalue weighted by atomic mass is 32.1. The average Bonchev–Trinajstić information content (AvgIpc) is 2.03. The van der Waals surface area contributed by atoms with Gasteiger partial charge in [-0.15, -0.1) is 12.6 Å². The van der Waals surface area contributed by atoms with E-state index in [1.807, 2.05) is 0 Å². The quantitative estimate of drug-likeness (QED) is 0.407. The Morgan fingerprint density at radius 1 is 1.58 bits per heavy atom. The minimum Gasteiger partial charge on any atom is -0.496 e. The Hall–Kier alpha value is -0.895. The lowest BCUT2D eigenvalue weighted by Crippen LogP contribution is -2.05. The number of hydrogen-bond acceptors (Lipinski definition) is 3. The molecule has 1 aromatic carbocycles. The Balaban J connectivity index is 3.33. The van der Waals surface area contributed by atoms with E-state index in [-0.39, 0.29) is 0 Å². The third kappa shape index (κ3) is 1.64. The summed E-state index contributed by atoms with van der Waals surface area (Å²) in [5.74, 6) is 0.454. The highest BCUT2D eigenvalue weighted by molar-refractivity contribution is 7.80. The summed E-state index contributed by atoms with van der Waals surface area (Å²) >= 11 is 4.08. The number of methoxy groups -OCH3 is 1. The summed E-state index contributed by atoms with van der Waals surface area (Å²) in [5, 5.41) is 0. The number of carbonyl (C=O) groups is 1. The summed E-state index contributed by atoms with van der Waals surface area (Å²) in [6, 6.07) is 3.19. The molecule has 2 nitrogen and oxygen atoms in total. The molecular formula is C8H7BO2S. The van der Waals surface area contributed by atoms with Gasteiger partial charge in [-0.3, -0.25) is 4.79 Å². The number of benzene rings is 1. The van der Waals surface area contributed by atoms with E-state index in [1.165, 1.54) is 7.11 Å². The van der Waals surface area contributed by atoms with Crippen molar-refractivity contribution in [3.63, 3.8) is 0 Å². The maximum atomic E-state index is 10.5. The molecule has 0 bridgehead atoms. The van der Waals surface area contributed by atoms with Crippen molar-refractivity contribution in [2.24, 2.45) is 0 Å². The molecule has 0 saturated carbocycles. The van der Waals surface area contributed by atoms with Crippen molar-refractivity contribution < 1.29 is 9.53 Å². The first kappa shape index (κ1) is 9.19. The van der Waals surface area contributed by atoms with Crippen LogP contribution in [0.1, 0.15) is 10.4 Å². The van der Waals surface area contributed by atoms with Crippen LogP contribution in [0.3, 0.4) is 0 Å². The predicted molar refractivity (Wildman–Crippen MR) is 51.0 cm³/mol. The van der Waals surface area contributed by atoms with E-state index < -0.39 is 0 Å². The second kappa shape index (κ2) is 3.67. The predicted octanol–water partition coefficient (Wildman–Crippen LogP) is 0.590. The number of ether oxygens (including phenoxy) is 1. The van der Waals surface area contributed by atoms with Gasteiger partial charge in [0.25, 0.3) is 0 Å². The van der Waals surface area contributed by atoms with Gasteiger partial charge in [0, 0.05) is 4.90 Å². The van der Waals surface area contributed by atoms with Gasteiger partial charge < -0.3 is 4.74 Å². The van der Waals surface area contributed by atoms with E-state index in [2.05, 4.69) is 12.6 Å². The van der Waals surface area contributed by atoms with Crippen LogP contribution < -0.4 is 10.2 Å². The molecule has 0 N–H and O–H groups in total. The maximum Gasteiger partial charge on any atom is 0.154 e. The molecule has 0 saturated heterocycles. The highest BCUT2D eigenvalue weighted by Gasteiger charge is 2.05. The van der Waals surface area contributed by atoms with E-state index in [0.29, 0.717) is 28.0 Å². The molecule has 0 atom stereocenters. The molecule has 0 aliphatic rings. The number of rotatable bonds is 2. The van der Waals surface area contributed by atoms with Crippen molar-refractivity contribution in [1.29, 1.82) is 0 Å². The second-order valence-electron chi connectivity index (χ2n) is 2.27. The molecule has 0 aliphatic carbocycles. The van der Waals surface area contributed by atoms with Crippen LogP contribution in [0.25, 0.3) is 0 Å². The lowest BCUT2D eigenvalue weighted by atomic mass is 9.95. The van der Waals surface area contributed by atoms with Crippen LogP contribution in [0.15, 0.2) is 17.0 Å². The molecule has 4 heteroatoms. The minimum atomic E-state index is 0.426. The highest BCUT2D eigenvalue weighted by Crippen LogP contribution is 2.21. The van der Waals surface area contributed by atoms with E-state index in [0.717, 1.165) is 0 Å². The lowest BCUT2D eigenvalue weighted by Gasteiger charge is -2.06. The summed E-state index contributed by atoms with van der Waals surface area (Å²) in [6.45, 7) is 0. The zero-order valence-electron chi connectivity index (χ0n) is 6.57. The van der Waals surface area contributed by atoms with E-state index in [9.17, 15) is 4.79 Å². The summed E-state index contributed by atoms with van der Waals surface area (Å²) in [7, 11) is 6.99. The Morgan fingerprint density at radius 2 is 2.25 bits per heavy atom. The molecular weight excluding hydrogens is 171 g/mol. The molecule has 0 heterocycles. The van der Waals surface area contributed by atoms with Gasteiger partial charge in [0.2, 0.25) is 0 Å². The monoisotopic (exact) mass is 178 g/mol. The van der Waals surface area contributed by atoms with E-state index >= 15 is 0 Å². The van der Waals surface area contributed by atoms with Gasteiger partial charge in [-0.2, -0.15) is 0 Å². The Labute approximate surface area is 77.7 Å². The van der Waals surface area contributed by atoms with Crippen molar-refractivity contribution in [3.8, 4) is 5.75 Å². The van der Waals surface area contributed by atoms with E-state index in [1.54, 1.807) is 12.1 Å². The lowest BCUT2D eigenvalue weighted by molar-refractivity contribution is 0.111. The van der Waals surface area contributed by atoms with Crippen molar-refractivity contribution in [2.75, 3.05) is 7.11 Å². The van der Waals surface area contributed by atoms with Gasteiger partial charge in [0.05, 0.1) is 12.7 Å². The molecule has 0 spiro atoms. The maximum absolute atomic E-state index is 10.5. The first-order valence-electron chi connectivity index (χ1n) is 3.30. The molecule has 12 heavy (non-hydrogen) atoms. The smallest absolute Gasteiger partial charge is 0.154 e. The molecule has 0 aliphatic heterocycles. The average molecular weight is 178 g/mol. The first-order chi connectivity index (χ1) is 5.69. The normalized spacial score (nSPS) is 9.50. The molecule has 0 aromatic heterocycles. The van der Waals surface area contributed by atoms with Crippen molar-refractivity contribution in [3.05, 3.63) is 17.7 Å². The van der Waals surface area contributed by atoms with Crippen LogP contribution in [0, 0.1) is 0 Å². The third-order valence-corrected chi connectivity index (χ3v) is 1.85. The van der Waals surface area contributed by atoms with Crippen LogP contribution in [-0.4, -0.2) is 21.2 Å². The Kier molecular flexibility index (Phi) is 2.81.